The van der Waals surface area contributed by atoms with E-state index in [1.165, 1.54) is 11.3 Å². The summed E-state index contributed by atoms with van der Waals surface area (Å²) in [6.45, 7) is 11.9. The minimum Gasteiger partial charge on any atom is -0.359 e. The van der Waals surface area contributed by atoms with Crippen molar-refractivity contribution >= 4 is 17.7 Å². The molecule has 7 atom stereocenters. The topological polar surface area (TPSA) is 87.7 Å². The third-order valence-corrected chi connectivity index (χ3v) is 7.19. The van der Waals surface area contributed by atoms with E-state index < -0.39 is 35.1 Å². The molecular formula is C24H35N3O4. The summed E-state index contributed by atoms with van der Waals surface area (Å²) in [5.41, 5.74) is -1.57. The first-order chi connectivity index (χ1) is 14.6. The van der Waals surface area contributed by atoms with Gasteiger partial charge in [0.05, 0.1) is 17.9 Å². The molecule has 0 aromatic rings. The van der Waals surface area contributed by atoms with Gasteiger partial charge >= 0.3 is 0 Å². The van der Waals surface area contributed by atoms with Gasteiger partial charge in [-0.25, -0.2) is 0 Å². The number of carbonyl (C=O) groups is 3. The first-order valence-electron chi connectivity index (χ1n) is 11.5. The Balaban J connectivity index is 1.63. The fourth-order valence-electron chi connectivity index (χ4n) is 5.85. The minimum absolute atomic E-state index is 0.126. The van der Waals surface area contributed by atoms with Crippen LogP contribution in [0.3, 0.4) is 0 Å². The summed E-state index contributed by atoms with van der Waals surface area (Å²) in [7, 11) is 0. The van der Waals surface area contributed by atoms with Crippen molar-refractivity contribution in [2.45, 2.75) is 82.7 Å². The summed E-state index contributed by atoms with van der Waals surface area (Å²) >= 11 is 0. The zero-order valence-electron chi connectivity index (χ0n) is 19.0. The van der Waals surface area contributed by atoms with Crippen molar-refractivity contribution in [1.29, 1.82) is 0 Å². The Morgan fingerprint density at radius 2 is 2.00 bits per heavy atom. The van der Waals surface area contributed by atoms with Crippen LogP contribution in [0.2, 0.25) is 0 Å². The quantitative estimate of drug-likeness (QED) is 0.654. The average Bonchev–Trinajstić information content (AvgIpc) is 3.30. The highest BCUT2D eigenvalue weighted by Gasteiger charge is 2.72. The Bertz CT molecular complexity index is 816. The van der Waals surface area contributed by atoms with Gasteiger partial charge in [-0.3, -0.25) is 14.4 Å². The molecule has 3 heterocycles. The molecule has 2 saturated heterocycles. The molecule has 3 amide bonds. The molecule has 7 heteroatoms. The molecular weight excluding hydrogens is 394 g/mol. The van der Waals surface area contributed by atoms with E-state index in [-0.39, 0.29) is 30.3 Å². The van der Waals surface area contributed by atoms with Gasteiger partial charge in [0.15, 0.2) is 0 Å². The maximum atomic E-state index is 13.5. The smallest absolute Gasteiger partial charge is 0.246 e. The second kappa shape index (κ2) is 7.76. The second-order valence-corrected chi connectivity index (χ2v) is 10.6. The number of nitrogens with one attached hydrogen (secondary N) is 2. The zero-order valence-corrected chi connectivity index (χ0v) is 19.0. The van der Waals surface area contributed by atoms with Crippen LogP contribution < -0.4 is 10.6 Å². The average molecular weight is 430 g/mol. The summed E-state index contributed by atoms with van der Waals surface area (Å²) in [6.07, 6.45) is 9.18. The molecule has 1 aliphatic carbocycles. The number of likely N-dealkylation sites (tertiary alicyclic amines) is 1. The van der Waals surface area contributed by atoms with Crippen molar-refractivity contribution < 1.29 is 19.1 Å². The van der Waals surface area contributed by atoms with Crippen LogP contribution in [-0.2, 0) is 19.1 Å². The Labute approximate surface area is 184 Å². The second-order valence-electron chi connectivity index (χ2n) is 10.6. The molecule has 0 radical (unpaired) electrons. The number of nitrogens with zero attached hydrogens (tertiary/aromatic N) is 1. The fraction of sp³-hybridized carbons (Fsp3) is 0.708. The molecule has 4 aliphatic rings. The summed E-state index contributed by atoms with van der Waals surface area (Å²) in [5.74, 6) is -1.51. The molecule has 1 spiro atoms. The molecule has 3 fully saturated rings. The zero-order chi connectivity index (χ0) is 22.6. The van der Waals surface area contributed by atoms with Gasteiger partial charge in [-0.05, 0) is 39.5 Å². The van der Waals surface area contributed by atoms with E-state index in [1.54, 1.807) is 6.08 Å². The largest absolute Gasteiger partial charge is 0.359 e. The first kappa shape index (κ1) is 22.1. The summed E-state index contributed by atoms with van der Waals surface area (Å²) in [4.78, 5) is 41.7. The number of fused-ring (bicyclic) bond motifs is 1. The molecule has 4 rings (SSSR count). The van der Waals surface area contributed by atoms with E-state index in [0.29, 0.717) is 5.92 Å². The molecule has 170 valence electrons. The van der Waals surface area contributed by atoms with E-state index in [9.17, 15) is 14.4 Å². The van der Waals surface area contributed by atoms with E-state index in [0.717, 1.165) is 19.3 Å². The van der Waals surface area contributed by atoms with Crippen LogP contribution in [-0.4, -0.2) is 58.5 Å². The van der Waals surface area contributed by atoms with Gasteiger partial charge < -0.3 is 20.3 Å². The normalized spacial score (nSPS) is 38.8. The number of hydrogen-bond acceptors (Lipinski definition) is 4. The lowest BCUT2D eigenvalue weighted by Gasteiger charge is -2.34. The van der Waals surface area contributed by atoms with Crippen LogP contribution in [0.4, 0.5) is 0 Å². The standard InChI is InChI=1S/C24H35N3O4/c1-6-13-27-19(21(29)26-23(3,4)5)24-12-11-16(31-24)17(18(24)22(27)30)20(28)25-15-10-8-7-9-14(15)2/h6,11-12,14-19H,1,7-10,13H2,2-5H3,(H,25,28)(H,26,29)/t14-,15+,16+,17-,18+,19-,24+/m1/s1. The number of hydrogen-bond donors (Lipinski definition) is 2. The monoisotopic (exact) mass is 429 g/mol. The molecule has 2 N–H and O–H groups in total. The molecule has 31 heavy (non-hydrogen) atoms. The van der Waals surface area contributed by atoms with Crippen molar-refractivity contribution in [2.75, 3.05) is 6.54 Å². The lowest BCUT2D eigenvalue weighted by molar-refractivity contribution is -0.142. The van der Waals surface area contributed by atoms with Gasteiger partial charge in [-0.2, -0.15) is 0 Å². The van der Waals surface area contributed by atoms with E-state index in [2.05, 4.69) is 24.1 Å². The lowest BCUT2D eigenvalue weighted by Crippen LogP contribution is -2.58. The fourth-order valence-corrected chi connectivity index (χ4v) is 5.85. The predicted molar refractivity (Wildman–Crippen MR) is 117 cm³/mol. The van der Waals surface area contributed by atoms with Gasteiger partial charge in [0.1, 0.15) is 11.6 Å². The van der Waals surface area contributed by atoms with Crippen LogP contribution in [0.5, 0.6) is 0 Å². The Hall–Kier alpha value is -2.15. The Morgan fingerprint density at radius 3 is 2.65 bits per heavy atom. The van der Waals surface area contributed by atoms with Crippen molar-refractivity contribution in [1.82, 2.24) is 15.5 Å². The van der Waals surface area contributed by atoms with Crippen LogP contribution in [0, 0.1) is 17.8 Å². The van der Waals surface area contributed by atoms with Crippen molar-refractivity contribution in [3.8, 4) is 0 Å². The lowest BCUT2D eigenvalue weighted by atomic mass is 9.73. The third-order valence-electron chi connectivity index (χ3n) is 7.19. The highest BCUT2D eigenvalue weighted by atomic mass is 16.5. The molecule has 7 nitrogen and oxygen atoms in total. The maximum Gasteiger partial charge on any atom is 0.246 e. The molecule has 1 saturated carbocycles. The van der Waals surface area contributed by atoms with Crippen LogP contribution >= 0.6 is 0 Å². The first-order valence-corrected chi connectivity index (χ1v) is 11.5. The van der Waals surface area contributed by atoms with Gasteiger partial charge in [-0.15, -0.1) is 6.58 Å². The molecule has 2 bridgehead atoms. The van der Waals surface area contributed by atoms with Gasteiger partial charge in [-0.1, -0.05) is 38.0 Å². The SMILES string of the molecule is C=CCN1C(=O)[C@@H]2[C@H](C(=O)N[C@H]3CCCC[C@H]3C)[C@@H]3C=C[C@@]2(O3)[C@H]1C(=O)NC(C)(C)C. The van der Waals surface area contributed by atoms with Crippen LogP contribution in [0.1, 0.15) is 53.4 Å². The summed E-state index contributed by atoms with van der Waals surface area (Å²) in [5, 5.41) is 6.20. The van der Waals surface area contributed by atoms with Gasteiger partial charge in [0.25, 0.3) is 0 Å². The molecule has 0 unspecified atom stereocenters. The highest BCUT2D eigenvalue weighted by molar-refractivity contribution is 6.00. The summed E-state index contributed by atoms with van der Waals surface area (Å²) in [6, 6.07) is -0.698. The van der Waals surface area contributed by atoms with E-state index in [1.807, 2.05) is 32.9 Å². The molecule has 0 aromatic carbocycles. The van der Waals surface area contributed by atoms with E-state index >= 15 is 0 Å². The number of carbonyl (C=O) groups excluding carboxylic acids is 3. The third kappa shape index (κ3) is 3.60. The van der Waals surface area contributed by atoms with Crippen LogP contribution in [0.25, 0.3) is 0 Å². The minimum atomic E-state index is -1.11. The maximum absolute atomic E-state index is 13.5. The number of amides is 3. The van der Waals surface area contributed by atoms with Gasteiger partial charge in [0.2, 0.25) is 17.7 Å². The summed E-state index contributed by atoms with van der Waals surface area (Å²) < 4.78 is 6.30. The van der Waals surface area contributed by atoms with Gasteiger partial charge in [0, 0.05) is 18.1 Å². The van der Waals surface area contributed by atoms with Crippen molar-refractivity contribution in [3.05, 3.63) is 24.8 Å². The Morgan fingerprint density at radius 1 is 1.29 bits per heavy atom. The van der Waals surface area contributed by atoms with Crippen molar-refractivity contribution in [2.24, 2.45) is 17.8 Å². The predicted octanol–water partition coefficient (Wildman–Crippen LogP) is 1.93. The molecule has 0 aromatic heterocycles. The molecule has 3 aliphatic heterocycles. The number of rotatable bonds is 5. The van der Waals surface area contributed by atoms with Crippen molar-refractivity contribution in [3.63, 3.8) is 0 Å². The Kier molecular flexibility index (Phi) is 5.53. The van der Waals surface area contributed by atoms with E-state index in [4.69, 9.17) is 4.74 Å². The van der Waals surface area contributed by atoms with Crippen LogP contribution in [0.15, 0.2) is 24.8 Å². The number of ether oxygens (including phenoxy) is 1. The highest BCUT2D eigenvalue weighted by Crippen LogP contribution is 2.55.